The van der Waals surface area contributed by atoms with Gasteiger partial charge in [0.1, 0.15) is 5.37 Å². The highest BCUT2D eigenvalue weighted by molar-refractivity contribution is 8.00. The Balaban J connectivity index is 1.39. The number of carbonyl (C=O) groups excluding carboxylic acids is 1. The van der Waals surface area contributed by atoms with Gasteiger partial charge in [0.05, 0.1) is 12.3 Å². The molecule has 2 aromatic carbocycles. The Morgan fingerprint density at radius 1 is 1.19 bits per heavy atom. The summed E-state index contributed by atoms with van der Waals surface area (Å²) in [6.45, 7) is 3.15. The molecule has 0 spiro atoms. The van der Waals surface area contributed by atoms with Gasteiger partial charge in [-0.05, 0) is 56.1 Å². The van der Waals surface area contributed by atoms with E-state index in [-0.39, 0.29) is 17.0 Å². The molecule has 0 bridgehead atoms. The fourth-order valence-corrected chi connectivity index (χ4v) is 5.94. The number of thioether (sulfide) groups is 1. The minimum Gasteiger partial charge on any atom is -0.504 e. The van der Waals surface area contributed by atoms with Gasteiger partial charge in [-0.25, -0.2) is 0 Å². The molecule has 0 radical (unpaired) electrons. The second kappa shape index (κ2) is 9.96. The van der Waals surface area contributed by atoms with Gasteiger partial charge in [0.25, 0.3) is 0 Å². The highest BCUT2D eigenvalue weighted by Crippen LogP contribution is 2.52. The van der Waals surface area contributed by atoms with Gasteiger partial charge in [0.15, 0.2) is 11.5 Å². The maximum Gasteiger partial charge on any atom is 0.225 e. The van der Waals surface area contributed by atoms with Gasteiger partial charge in [-0.3, -0.25) is 9.69 Å². The molecule has 1 aliphatic heterocycles. The fraction of sp³-hybridized carbons (Fsp3) is 0.480. The van der Waals surface area contributed by atoms with E-state index < -0.39 is 0 Å². The van der Waals surface area contributed by atoms with Crippen molar-refractivity contribution in [3.63, 3.8) is 0 Å². The molecule has 1 heterocycles. The van der Waals surface area contributed by atoms with E-state index in [1.165, 1.54) is 32.1 Å². The standard InChI is InChI=1S/C25H32N2O3S/c1-18(28)27-21-11-6-7-12-24(21)31-25(27)19-13-14-22(29)23(17-19)30-16-8-15-26(2)20-9-4-3-5-10-20/h6-7,11-14,17,20,25,29H,3-5,8-10,15-16H2,1-2H3. The smallest absolute Gasteiger partial charge is 0.225 e. The lowest BCUT2D eigenvalue weighted by Crippen LogP contribution is -2.34. The van der Waals surface area contributed by atoms with E-state index in [1.54, 1.807) is 24.8 Å². The maximum atomic E-state index is 12.4. The number of rotatable bonds is 7. The van der Waals surface area contributed by atoms with Crippen molar-refractivity contribution in [1.82, 2.24) is 4.90 Å². The topological polar surface area (TPSA) is 53.0 Å². The number of hydrogen-bond acceptors (Lipinski definition) is 5. The molecule has 4 rings (SSSR count). The van der Waals surface area contributed by atoms with Crippen LogP contribution in [0.15, 0.2) is 47.4 Å². The lowest BCUT2D eigenvalue weighted by atomic mass is 9.94. The van der Waals surface area contributed by atoms with Crippen LogP contribution in [0.2, 0.25) is 0 Å². The number of ether oxygens (including phenoxy) is 1. The van der Waals surface area contributed by atoms with E-state index in [4.69, 9.17) is 4.74 Å². The van der Waals surface area contributed by atoms with Crippen molar-refractivity contribution in [2.24, 2.45) is 0 Å². The van der Waals surface area contributed by atoms with Crippen LogP contribution >= 0.6 is 11.8 Å². The second-order valence-corrected chi connectivity index (χ2v) is 9.65. The van der Waals surface area contributed by atoms with E-state index in [0.717, 1.165) is 29.1 Å². The van der Waals surface area contributed by atoms with E-state index in [2.05, 4.69) is 11.9 Å². The molecule has 1 aliphatic carbocycles. The molecule has 2 aliphatic rings. The first-order valence-electron chi connectivity index (χ1n) is 11.3. The SMILES string of the molecule is CC(=O)N1c2ccccc2SC1c1ccc(O)c(OCCCN(C)C2CCCCC2)c1. The summed E-state index contributed by atoms with van der Waals surface area (Å²) in [7, 11) is 2.21. The second-order valence-electron chi connectivity index (χ2n) is 8.53. The van der Waals surface area contributed by atoms with E-state index in [9.17, 15) is 9.90 Å². The molecular weight excluding hydrogens is 408 g/mol. The van der Waals surface area contributed by atoms with Gasteiger partial charge in [-0.2, -0.15) is 0 Å². The minimum atomic E-state index is -0.157. The number of phenols is 1. The lowest BCUT2D eigenvalue weighted by Gasteiger charge is -2.31. The number of carbonyl (C=O) groups is 1. The summed E-state index contributed by atoms with van der Waals surface area (Å²) in [6.07, 6.45) is 7.57. The van der Waals surface area contributed by atoms with Gasteiger partial charge >= 0.3 is 0 Å². The molecule has 1 N–H and O–H groups in total. The van der Waals surface area contributed by atoms with Crippen molar-refractivity contribution in [2.75, 3.05) is 25.1 Å². The minimum absolute atomic E-state index is 0.00347. The molecule has 1 fully saturated rings. The Labute approximate surface area is 189 Å². The number of anilines is 1. The third kappa shape index (κ3) is 5.01. The van der Waals surface area contributed by atoms with Crippen LogP contribution in [0, 0.1) is 0 Å². The molecule has 0 saturated heterocycles. The molecule has 166 valence electrons. The maximum absolute atomic E-state index is 12.4. The summed E-state index contributed by atoms with van der Waals surface area (Å²) in [5.41, 5.74) is 1.88. The zero-order valence-corrected chi connectivity index (χ0v) is 19.2. The van der Waals surface area contributed by atoms with Crippen LogP contribution in [0.3, 0.4) is 0 Å². The fourth-order valence-electron chi connectivity index (χ4n) is 4.61. The number of fused-ring (bicyclic) bond motifs is 1. The van der Waals surface area contributed by atoms with Crippen molar-refractivity contribution >= 4 is 23.4 Å². The van der Waals surface area contributed by atoms with Crippen molar-refractivity contribution in [3.05, 3.63) is 48.0 Å². The number of para-hydroxylation sites is 1. The zero-order valence-electron chi connectivity index (χ0n) is 18.4. The highest BCUT2D eigenvalue weighted by Gasteiger charge is 2.34. The zero-order chi connectivity index (χ0) is 21.8. The Morgan fingerprint density at radius 3 is 2.74 bits per heavy atom. The Hall–Kier alpha value is -2.18. The third-order valence-electron chi connectivity index (χ3n) is 6.32. The summed E-state index contributed by atoms with van der Waals surface area (Å²) in [4.78, 5) is 17.7. The third-order valence-corrected chi connectivity index (χ3v) is 7.62. The van der Waals surface area contributed by atoms with Gasteiger partial charge < -0.3 is 14.7 Å². The van der Waals surface area contributed by atoms with E-state index >= 15 is 0 Å². The summed E-state index contributed by atoms with van der Waals surface area (Å²) in [5.74, 6) is 0.626. The largest absolute Gasteiger partial charge is 0.504 e. The first-order chi connectivity index (χ1) is 15.0. The highest BCUT2D eigenvalue weighted by atomic mass is 32.2. The van der Waals surface area contributed by atoms with E-state index in [1.807, 2.05) is 41.3 Å². The van der Waals surface area contributed by atoms with Gasteiger partial charge in [0.2, 0.25) is 5.91 Å². The number of aromatic hydroxyl groups is 1. The molecule has 1 saturated carbocycles. The Kier molecular flexibility index (Phi) is 7.08. The van der Waals surface area contributed by atoms with Gasteiger partial charge in [-0.15, -0.1) is 0 Å². The number of amides is 1. The summed E-state index contributed by atoms with van der Waals surface area (Å²) < 4.78 is 5.96. The Morgan fingerprint density at radius 2 is 1.97 bits per heavy atom. The summed E-state index contributed by atoms with van der Waals surface area (Å²) in [6, 6.07) is 14.1. The molecule has 0 aromatic heterocycles. The number of nitrogens with zero attached hydrogens (tertiary/aromatic N) is 2. The van der Waals surface area contributed by atoms with Gasteiger partial charge in [0, 0.05) is 24.4 Å². The quantitative estimate of drug-likeness (QED) is 0.570. The average Bonchev–Trinajstić information content (AvgIpc) is 3.18. The molecular formula is C25H32N2O3S. The van der Waals surface area contributed by atoms with Crippen molar-refractivity contribution in [3.8, 4) is 11.5 Å². The molecule has 1 unspecified atom stereocenters. The molecule has 6 heteroatoms. The number of benzene rings is 2. The van der Waals surface area contributed by atoms with Crippen molar-refractivity contribution < 1.29 is 14.6 Å². The molecule has 1 atom stereocenters. The molecule has 5 nitrogen and oxygen atoms in total. The van der Waals surface area contributed by atoms with Crippen molar-refractivity contribution in [2.45, 2.75) is 61.8 Å². The van der Waals surface area contributed by atoms with Crippen LogP contribution in [-0.4, -0.2) is 42.2 Å². The van der Waals surface area contributed by atoms with Crippen LogP contribution in [-0.2, 0) is 4.79 Å². The lowest BCUT2D eigenvalue weighted by molar-refractivity contribution is -0.116. The monoisotopic (exact) mass is 440 g/mol. The first-order valence-corrected chi connectivity index (χ1v) is 12.1. The van der Waals surface area contributed by atoms with Crippen LogP contribution in [0.1, 0.15) is 56.4 Å². The average molecular weight is 441 g/mol. The first kappa shape index (κ1) is 22.0. The normalized spacial score (nSPS) is 18.9. The van der Waals surface area contributed by atoms with Crippen LogP contribution in [0.5, 0.6) is 11.5 Å². The Bertz CT molecular complexity index is 913. The molecule has 1 amide bonds. The molecule has 2 aromatic rings. The predicted octanol–water partition coefficient (Wildman–Crippen LogP) is 5.58. The van der Waals surface area contributed by atoms with Crippen LogP contribution < -0.4 is 9.64 Å². The van der Waals surface area contributed by atoms with E-state index in [0.29, 0.717) is 18.4 Å². The van der Waals surface area contributed by atoms with Crippen LogP contribution in [0.4, 0.5) is 5.69 Å². The van der Waals surface area contributed by atoms with Crippen LogP contribution in [0.25, 0.3) is 0 Å². The van der Waals surface area contributed by atoms with Gasteiger partial charge in [-0.1, -0.05) is 49.2 Å². The predicted molar refractivity (Wildman–Crippen MR) is 126 cm³/mol. The summed E-state index contributed by atoms with van der Waals surface area (Å²) >= 11 is 1.65. The summed E-state index contributed by atoms with van der Waals surface area (Å²) in [5, 5.41) is 10.2. The number of phenolic OH excluding ortho intramolecular Hbond substituents is 1. The van der Waals surface area contributed by atoms with Crippen molar-refractivity contribution in [1.29, 1.82) is 0 Å². The number of hydrogen-bond donors (Lipinski definition) is 1. The molecule has 31 heavy (non-hydrogen) atoms.